The van der Waals surface area contributed by atoms with Crippen LogP contribution in [0.3, 0.4) is 0 Å². The molecule has 2 aromatic carbocycles. The number of methoxy groups -OCH3 is 1. The van der Waals surface area contributed by atoms with Gasteiger partial charge in [-0.3, -0.25) is 4.79 Å². The molecule has 0 aliphatic carbocycles. The Kier molecular flexibility index (Phi) is 9.20. The van der Waals surface area contributed by atoms with Crippen molar-refractivity contribution in [1.82, 2.24) is 10.2 Å². The lowest BCUT2D eigenvalue weighted by Gasteiger charge is -2.19. The summed E-state index contributed by atoms with van der Waals surface area (Å²) in [4.78, 5) is 14.9. The van der Waals surface area contributed by atoms with E-state index < -0.39 is 0 Å². The molecule has 3 rings (SSSR count). The number of furan rings is 1. The van der Waals surface area contributed by atoms with E-state index in [1.165, 1.54) is 0 Å². The van der Waals surface area contributed by atoms with E-state index >= 15 is 0 Å². The zero-order valence-corrected chi connectivity index (χ0v) is 19.5. The zero-order chi connectivity index (χ0) is 23.5. The minimum absolute atomic E-state index is 0.191. The first-order valence-corrected chi connectivity index (χ1v) is 11.2. The highest BCUT2D eigenvalue weighted by molar-refractivity contribution is 5.91. The molecule has 0 saturated carbocycles. The number of para-hydroxylation sites is 3. The zero-order valence-electron chi connectivity index (χ0n) is 19.5. The topological polar surface area (TPSA) is 73.2 Å². The van der Waals surface area contributed by atoms with Gasteiger partial charge in [0.25, 0.3) is 5.91 Å². The molecular formula is C26H32N2O5. The first-order chi connectivity index (χ1) is 16.1. The molecule has 0 fully saturated rings. The molecule has 3 aromatic rings. The van der Waals surface area contributed by atoms with Crippen LogP contribution in [0.15, 0.2) is 65.1 Å². The number of nitrogens with zero attached hydrogens (tertiary/aromatic N) is 1. The molecule has 0 bridgehead atoms. The molecule has 1 N–H and O–H groups in total. The fourth-order valence-electron chi connectivity index (χ4n) is 3.34. The average Bonchev–Trinajstić information content (AvgIpc) is 3.34. The molecule has 0 spiro atoms. The van der Waals surface area contributed by atoms with Crippen LogP contribution in [-0.4, -0.2) is 44.2 Å². The van der Waals surface area contributed by atoms with Crippen LogP contribution in [0.1, 0.15) is 35.7 Å². The maximum Gasteiger partial charge on any atom is 0.287 e. The van der Waals surface area contributed by atoms with Crippen molar-refractivity contribution >= 4 is 5.91 Å². The molecule has 0 aliphatic rings. The van der Waals surface area contributed by atoms with Crippen molar-refractivity contribution in [1.29, 1.82) is 0 Å². The van der Waals surface area contributed by atoms with Crippen LogP contribution in [0.5, 0.6) is 17.2 Å². The van der Waals surface area contributed by atoms with Crippen molar-refractivity contribution in [2.24, 2.45) is 0 Å². The Balaban J connectivity index is 1.52. The van der Waals surface area contributed by atoms with Crippen molar-refractivity contribution in [3.63, 3.8) is 0 Å². The molecule has 1 aromatic heterocycles. The lowest BCUT2D eigenvalue weighted by Crippen LogP contribution is -2.28. The van der Waals surface area contributed by atoms with Gasteiger partial charge < -0.3 is 28.8 Å². The third-order valence-corrected chi connectivity index (χ3v) is 5.30. The van der Waals surface area contributed by atoms with E-state index in [4.69, 9.17) is 18.6 Å². The first kappa shape index (κ1) is 24.2. The molecule has 7 heteroatoms. The van der Waals surface area contributed by atoms with Gasteiger partial charge in [-0.15, -0.1) is 0 Å². The molecular weight excluding hydrogens is 420 g/mol. The van der Waals surface area contributed by atoms with E-state index in [0.717, 1.165) is 30.9 Å². The molecule has 1 heterocycles. The van der Waals surface area contributed by atoms with Gasteiger partial charge in [0.15, 0.2) is 17.3 Å². The van der Waals surface area contributed by atoms with Crippen LogP contribution in [-0.2, 0) is 13.2 Å². The van der Waals surface area contributed by atoms with E-state index in [2.05, 4.69) is 24.1 Å². The number of carbonyl (C=O) groups excluding carboxylic acids is 1. The highest BCUT2D eigenvalue weighted by Gasteiger charge is 2.13. The Morgan fingerprint density at radius 3 is 2.33 bits per heavy atom. The summed E-state index contributed by atoms with van der Waals surface area (Å²) in [7, 11) is 1.59. The highest BCUT2D eigenvalue weighted by Crippen LogP contribution is 2.27. The van der Waals surface area contributed by atoms with Gasteiger partial charge in [0.05, 0.1) is 7.11 Å². The van der Waals surface area contributed by atoms with E-state index in [9.17, 15) is 4.79 Å². The van der Waals surface area contributed by atoms with Crippen LogP contribution in [0.2, 0.25) is 0 Å². The number of hydrogen-bond donors (Lipinski definition) is 1. The minimum Gasteiger partial charge on any atom is -0.493 e. The van der Waals surface area contributed by atoms with Gasteiger partial charge in [-0.2, -0.15) is 0 Å². The molecule has 0 atom stereocenters. The second kappa shape index (κ2) is 12.6. The maximum atomic E-state index is 12.6. The van der Waals surface area contributed by atoms with Gasteiger partial charge in [0, 0.05) is 18.7 Å². The monoisotopic (exact) mass is 452 g/mol. The number of rotatable bonds is 13. The second-order valence-corrected chi connectivity index (χ2v) is 7.37. The van der Waals surface area contributed by atoms with Crippen molar-refractivity contribution in [3.05, 3.63) is 77.7 Å². The van der Waals surface area contributed by atoms with Gasteiger partial charge >= 0.3 is 0 Å². The van der Waals surface area contributed by atoms with Crippen molar-refractivity contribution in [2.75, 3.05) is 33.4 Å². The first-order valence-electron chi connectivity index (χ1n) is 11.2. The van der Waals surface area contributed by atoms with Crippen molar-refractivity contribution < 1.29 is 23.4 Å². The summed E-state index contributed by atoms with van der Waals surface area (Å²) in [6.07, 6.45) is 0. The largest absolute Gasteiger partial charge is 0.493 e. The summed E-state index contributed by atoms with van der Waals surface area (Å²) in [6.45, 7) is 8.25. The average molecular weight is 453 g/mol. The van der Waals surface area contributed by atoms with Crippen LogP contribution >= 0.6 is 0 Å². The van der Waals surface area contributed by atoms with Gasteiger partial charge in [-0.05, 0) is 43.4 Å². The van der Waals surface area contributed by atoms with E-state index in [1.54, 1.807) is 19.2 Å². The Labute approximate surface area is 195 Å². The molecule has 176 valence electrons. The summed E-state index contributed by atoms with van der Waals surface area (Å²) in [6, 6.07) is 18.5. The summed E-state index contributed by atoms with van der Waals surface area (Å²) in [5, 5.41) is 2.90. The fourth-order valence-corrected chi connectivity index (χ4v) is 3.34. The predicted octanol–water partition coefficient (Wildman–Crippen LogP) is 4.52. The minimum atomic E-state index is -0.295. The normalized spacial score (nSPS) is 10.8. The summed E-state index contributed by atoms with van der Waals surface area (Å²) < 4.78 is 22.7. The van der Waals surface area contributed by atoms with Crippen molar-refractivity contribution in [3.8, 4) is 17.2 Å². The summed E-state index contributed by atoms with van der Waals surface area (Å²) in [5.74, 6) is 2.51. The number of benzene rings is 2. The quantitative estimate of drug-likeness (QED) is 0.411. The third-order valence-electron chi connectivity index (χ3n) is 5.30. The molecule has 0 radical (unpaired) electrons. The number of ether oxygens (including phenoxy) is 3. The Bertz CT molecular complexity index is 1010. The fraction of sp³-hybridized carbons (Fsp3) is 0.346. The molecule has 0 saturated heterocycles. The summed E-state index contributed by atoms with van der Waals surface area (Å²) in [5.41, 5.74) is 0.914. The molecule has 33 heavy (non-hydrogen) atoms. The van der Waals surface area contributed by atoms with E-state index in [1.807, 2.05) is 48.5 Å². The van der Waals surface area contributed by atoms with Gasteiger partial charge in [0.2, 0.25) is 0 Å². The van der Waals surface area contributed by atoms with Crippen LogP contribution in [0.25, 0.3) is 0 Å². The molecule has 7 nitrogen and oxygen atoms in total. The number of amides is 1. The lowest BCUT2D eigenvalue weighted by molar-refractivity contribution is 0.0918. The Hall–Kier alpha value is -3.45. The number of nitrogens with one attached hydrogen (secondary N) is 1. The van der Waals surface area contributed by atoms with Gasteiger partial charge in [0.1, 0.15) is 24.7 Å². The Morgan fingerprint density at radius 1 is 0.909 bits per heavy atom. The number of likely N-dealkylation sites (N-methyl/N-ethyl adjacent to an activating group) is 1. The number of carbonyl (C=O) groups is 1. The second-order valence-electron chi connectivity index (χ2n) is 7.37. The standard InChI is InChI=1S/C26H32N2O5/c1-4-28(5-2)16-17-31-22-11-7-6-10-20(22)18-27-26(29)25-15-14-21(33-25)19-32-24-13-9-8-12-23(24)30-3/h6-15H,4-5,16-19H2,1-3H3,(H,27,29). The van der Waals surface area contributed by atoms with E-state index in [0.29, 0.717) is 30.4 Å². The van der Waals surface area contributed by atoms with Crippen LogP contribution in [0, 0.1) is 0 Å². The maximum absolute atomic E-state index is 12.6. The third kappa shape index (κ3) is 7.02. The van der Waals surface area contributed by atoms with Gasteiger partial charge in [-0.25, -0.2) is 0 Å². The molecule has 0 aliphatic heterocycles. The van der Waals surface area contributed by atoms with E-state index in [-0.39, 0.29) is 18.3 Å². The van der Waals surface area contributed by atoms with Crippen molar-refractivity contribution in [2.45, 2.75) is 27.0 Å². The Morgan fingerprint density at radius 2 is 1.61 bits per heavy atom. The van der Waals surface area contributed by atoms with Crippen LogP contribution < -0.4 is 19.5 Å². The SMILES string of the molecule is CCN(CC)CCOc1ccccc1CNC(=O)c1ccc(COc2ccccc2OC)o1. The molecule has 0 unspecified atom stereocenters. The molecule has 1 amide bonds. The number of hydrogen-bond acceptors (Lipinski definition) is 6. The smallest absolute Gasteiger partial charge is 0.287 e. The predicted molar refractivity (Wildman–Crippen MR) is 127 cm³/mol. The van der Waals surface area contributed by atoms with Gasteiger partial charge in [-0.1, -0.05) is 44.2 Å². The highest BCUT2D eigenvalue weighted by atomic mass is 16.5. The summed E-state index contributed by atoms with van der Waals surface area (Å²) >= 11 is 0. The van der Waals surface area contributed by atoms with Crippen LogP contribution in [0.4, 0.5) is 0 Å². The lowest BCUT2D eigenvalue weighted by atomic mass is 10.2.